The third kappa shape index (κ3) is 3.46. The van der Waals surface area contributed by atoms with E-state index < -0.39 is 12.5 Å². The van der Waals surface area contributed by atoms with Crippen LogP contribution in [0.2, 0.25) is 0 Å². The topological polar surface area (TPSA) is 75.4 Å². The second-order valence-electron chi connectivity index (χ2n) is 3.05. The van der Waals surface area contributed by atoms with Crippen molar-refractivity contribution in [1.82, 2.24) is 14.7 Å². The molecule has 0 radical (unpaired) electrons. The Kier molecular flexibility index (Phi) is 4.09. The van der Waals surface area contributed by atoms with E-state index in [0.29, 0.717) is 0 Å². The van der Waals surface area contributed by atoms with Crippen LogP contribution in [0.5, 0.6) is 0 Å². The molecule has 0 aliphatic heterocycles. The summed E-state index contributed by atoms with van der Waals surface area (Å²) in [6, 6.07) is 1.68. The fourth-order valence-corrected chi connectivity index (χ4v) is 1.14. The second-order valence-corrected chi connectivity index (χ2v) is 3.05. The van der Waals surface area contributed by atoms with E-state index in [1.165, 1.54) is 10.9 Å². The number of nitrogens with zero attached hydrogens (tertiary/aromatic N) is 3. The Labute approximate surface area is 92.5 Å². The van der Waals surface area contributed by atoms with E-state index in [1.54, 1.807) is 12.3 Å². The number of carboxylic acid groups (broad SMARTS) is 1. The van der Waals surface area contributed by atoms with E-state index in [1.807, 2.05) is 0 Å². The average molecular weight is 221 g/mol. The molecule has 1 amide bonds. The Balaban J connectivity index is 2.60. The van der Waals surface area contributed by atoms with Crippen LogP contribution in [-0.2, 0) is 16.1 Å². The first-order valence-electron chi connectivity index (χ1n) is 4.54. The van der Waals surface area contributed by atoms with Crippen LogP contribution in [0.3, 0.4) is 0 Å². The van der Waals surface area contributed by atoms with Crippen molar-refractivity contribution >= 4 is 11.9 Å². The van der Waals surface area contributed by atoms with Gasteiger partial charge in [-0.2, -0.15) is 5.10 Å². The Morgan fingerprint density at radius 1 is 1.56 bits per heavy atom. The van der Waals surface area contributed by atoms with Crippen molar-refractivity contribution < 1.29 is 14.7 Å². The number of hydrogen-bond acceptors (Lipinski definition) is 3. The van der Waals surface area contributed by atoms with Crippen LogP contribution in [0, 0.1) is 12.3 Å². The molecule has 0 bridgehead atoms. The van der Waals surface area contributed by atoms with Crippen molar-refractivity contribution in [1.29, 1.82) is 0 Å². The van der Waals surface area contributed by atoms with E-state index in [0.717, 1.165) is 4.90 Å². The van der Waals surface area contributed by atoms with Crippen molar-refractivity contribution in [3.8, 4) is 12.3 Å². The lowest BCUT2D eigenvalue weighted by molar-refractivity contribution is -0.144. The Bertz CT molecular complexity index is 405. The molecule has 1 heterocycles. The Hall–Kier alpha value is -2.29. The summed E-state index contributed by atoms with van der Waals surface area (Å²) in [6.45, 7) is -0.432. The number of carboxylic acids is 1. The summed E-state index contributed by atoms with van der Waals surface area (Å²) >= 11 is 0. The molecule has 16 heavy (non-hydrogen) atoms. The van der Waals surface area contributed by atoms with Crippen molar-refractivity contribution in [2.24, 2.45) is 0 Å². The molecular weight excluding hydrogens is 210 g/mol. The molecule has 0 atom stereocenters. The minimum Gasteiger partial charge on any atom is -0.480 e. The maximum Gasteiger partial charge on any atom is 0.323 e. The van der Waals surface area contributed by atoms with Crippen LogP contribution in [0.25, 0.3) is 0 Å². The van der Waals surface area contributed by atoms with Crippen molar-refractivity contribution in [2.75, 3.05) is 13.1 Å². The van der Waals surface area contributed by atoms with Crippen LogP contribution in [0.15, 0.2) is 18.5 Å². The zero-order valence-corrected chi connectivity index (χ0v) is 8.54. The molecule has 0 fully saturated rings. The van der Waals surface area contributed by atoms with E-state index in [9.17, 15) is 9.59 Å². The predicted octanol–water partition coefficient (Wildman–Crippen LogP) is -0.571. The quantitative estimate of drug-likeness (QED) is 0.675. The smallest absolute Gasteiger partial charge is 0.323 e. The first-order chi connectivity index (χ1) is 7.63. The summed E-state index contributed by atoms with van der Waals surface area (Å²) in [7, 11) is 0. The van der Waals surface area contributed by atoms with Gasteiger partial charge in [0.25, 0.3) is 0 Å². The molecule has 0 aliphatic rings. The van der Waals surface area contributed by atoms with E-state index in [4.69, 9.17) is 11.5 Å². The lowest BCUT2D eigenvalue weighted by Gasteiger charge is -2.17. The molecule has 84 valence electrons. The first-order valence-corrected chi connectivity index (χ1v) is 4.54. The third-order valence-corrected chi connectivity index (χ3v) is 1.82. The number of carbonyl (C=O) groups is 2. The fraction of sp³-hybridized carbons (Fsp3) is 0.300. The van der Waals surface area contributed by atoms with Gasteiger partial charge in [-0.25, -0.2) is 0 Å². The van der Waals surface area contributed by atoms with Gasteiger partial charge in [0, 0.05) is 12.4 Å². The highest BCUT2D eigenvalue weighted by Gasteiger charge is 2.15. The maximum atomic E-state index is 11.6. The van der Waals surface area contributed by atoms with Gasteiger partial charge in [-0.05, 0) is 6.07 Å². The number of aromatic nitrogens is 2. The molecule has 0 spiro atoms. The van der Waals surface area contributed by atoms with Gasteiger partial charge in [0.15, 0.2) is 0 Å². The summed E-state index contributed by atoms with van der Waals surface area (Å²) in [6.07, 6.45) is 8.21. The largest absolute Gasteiger partial charge is 0.480 e. The Morgan fingerprint density at radius 2 is 2.31 bits per heavy atom. The average Bonchev–Trinajstić information content (AvgIpc) is 2.69. The summed E-state index contributed by atoms with van der Waals surface area (Å²) < 4.78 is 1.41. The lowest BCUT2D eigenvalue weighted by Crippen LogP contribution is -2.38. The molecule has 1 aromatic heterocycles. The molecule has 0 aromatic carbocycles. The van der Waals surface area contributed by atoms with Gasteiger partial charge in [-0.3, -0.25) is 14.3 Å². The summed E-state index contributed by atoms with van der Waals surface area (Å²) in [5.74, 6) is 0.781. The zero-order chi connectivity index (χ0) is 12.0. The van der Waals surface area contributed by atoms with Crippen LogP contribution < -0.4 is 0 Å². The van der Waals surface area contributed by atoms with Crippen molar-refractivity contribution in [3.63, 3.8) is 0 Å². The molecule has 6 nitrogen and oxygen atoms in total. The molecule has 1 N–H and O–H groups in total. The highest BCUT2D eigenvalue weighted by molar-refractivity contribution is 5.81. The molecular formula is C10H11N3O3. The highest BCUT2D eigenvalue weighted by Crippen LogP contribution is 1.93. The molecule has 0 saturated carbocycles. The summed E-state index contributed by atoms with van der Waals surface area (Å²) in [4.78, 5) is 23.2. The molecule has 1 rings (SSSR count). The van der Waals surface area contributed by atoms with Crippen LogP contribution in [0.4, 0.5) is 0 Å². The van der Waals surface area contributed by atoms with E-state index >= 15 is 0 Å². The highest BCUT2D eigenvalue weighted by atomic mass is 16.4. The minimum absolute atomic E-state index is 0.0119. The van der Waals surface area contributed by atoms with Crippen molar-refractivity contribution in [3.05, 3.63) is 18.5 Å². The number of hydrogen-bond donors (Lipinski definition) is 1. The molecule has 0 aliphatic carbocycles. The number of terminal acetylenes is 1. The molecule has 1 aromatic rings. The van der Waals surface area contributed by atoms with Gasteiger partial charge in [0.2, 0.25) is 5.91 Å². The SMILES string of the molecule is C#CCN(CC(=O)O)C(=O)Cn1cccn1. The standard InChI is InChI=1S/C10H11N3O3/c1-2-5-12(8-10(15)16)9(14)7-13-6-3-4-11-13/h1,3-4,6H,5,7-8H2,(H,15,16). The second kappa shape index (κ2) is 5.56. The van der Waals surface area contributed by atoms with Gasteiger partial charge in [0.05, 0.1) is 6.54 Å². The predicted molar refractivity (Wildman–Crippen MR) is 55.3 cm³/mol. The number of carbonyl (C=O) groups excluding carboxylic acids is 1. The number of aliphatic carboxylic acids is 1. The third-order valence-electron chi connectivity index (χ3n) is 1.82. The van der Waals surface area contributed by atoms with Gasteiger partial charge in [-0.15, -0.1) is 6.42 Å². The lowest BCUT2D eigenvalue weighted by atomic mass is 10.4. The number of amides is 1. The molecule has 0 saturated heterocycles. The molecule has 0 unspecified atom stereocenters. The summed E-state index contributed by atoms with van der Waals surface area (Å²) in [5.41, 5.74) is 0. The van der Waals surface area contributed by atoms with Crippen LogP contribution in [-0.4, -0.2) is 44.8 Å². The van der Waals surface area contributed by atoms with E-state index in [2.05, 4.69) is 11.0 Å². The van der Waals surface area contributed by atoms with Crippen LogP contribution in [0.1, 0.15) is 0 Å². The van der Waals surface area contributed by atoms with E-state index in [-0.39, 0.29) is 19.0 Å². The Morgan fingerprint density at radius 3 is 2.81 bits per heavy atom. The monoisotopic (exact) mass is 221 g/mol. The summed E-state index contributed by atoms with van der Waals surface area (Å²) in [5, 5.41) is 12.4. The first kappa shape index (κ1) is 11.8. The van der Waals surface area contributed by atoms with Gasteiger partial charge in [-0.1, -0.05) is 5.92 Å². The van der Waals surface area contributed by atoms with Gasteiger partial charge in [0.1, 0.15) is 13.1 Å². The normalized spacial score (nSPS) is 9.44. The van der Waals surface area contributed by atoms with Gasteiger partial charge >= 0.3 is 5.97 Å². The maximum absolute atomic E-state index is 11.6. The fourth-order valence-electron chi connectivity index (χ4n) is 1.14. The molecule has 6 heteroatoms. The number of rotatable bonds is 5. The van der Waals surface area contributed by atoms with Crippen molar-refractivity contribution in [2.45, 2.75) is 6.54 Å². The van der Waals surface area contributed by atoms with Crippen LogP contribution >= 0.6 is 0 Å². The minimum atomic E-state index is -1.09. The van der Waals surface area contributed by atoms with Gasteiger partial charge < -0.3 is 10.0 Å². The zero-order valence-electron chi connectivity index (χ0n) is 8.54.